The Bertz CT molecular complexity index is 577. The summed E-state index contributed by atoms with van der Waals surface area (Å²) in [6, 6.07) is 9.86. The summed E-state index contributed by atoms with van der Waals surface area (Å²) < 4.78 is 5.24. The Labute approximate surface area is 144 Å². The van der Waals surface area contributed by atoms with E-state index in [4.69, 9.17) is 10.00 Å². The zero-order valence-corrected chi connectivity index (χ0v) is 14.9. The van der Waals surface area contributed by atoms with Gasteiger partial charge >= 0.3 is 0 Å². The van der Waals surface area contributed by atoms with E-state index in [0.717, 1.165) is 31.5 Å². The fourth-order valence-electron chi connectivity index (χ4n) is 3.20. The first-order chi connectivity index (χ1) is 11.6. The maximum Gasteiger partial charge on any atom is 0.240 e. The molecule has 0 saturated carbocycles. The van der Waals surface area contributed by atoms with Crippen molar-refractivity contribution in [3.63, 3.8) is 0 Å². The zero-order valence-electron chi connectivity index (χ0n) is 14.9. The topological polar surface area (TPSA) is 56.6 Å². The molecule has 0 spiro atoms. The minimum Gasteiger partial charge on any atom is -0.383 e. The number of methoxy groups -OCH3 is 1. The number of carbonyl (C=O) groups excluding carboxylic acids is 1. The van der Waals surface area contributed by atoms with Crippen LogP contribution in [-0.4, -0.2) is 54.6 Å². The minimum atomic E-state index is -0.0908. The van der Waals surface area contributed by atoms with Crippen molar-refractivity contribution in [3.05, 3.63) is 35.4 Å². The van der Waals surface area contributed by atoms with Crippen LogP contribution in [0.3, 0.4) is 0 Å². The predicted molar refractivity (Wildman–Crippen MR) is 93.3 cm³/mol. The molecule has 0 N–H and O–H groups in total. The van der Waals surface area contributed by atoms with Crippen molar-refractivity contribution in [2.75, 3.05) is 26.8 Å². The highest BCUT2D eigenvalue weighted by Gasteiger charge is 2.34. The third kappa shape index (κ3) is 4.56. The van der Waals surface area contributed by atoms with Crippen molar-refractivity contribution in [1.82, 2.24) is 9.80 Å². The quantitative estimate of drug-likeness (QED) is 0.771. The van der Waals surface area contributed by atoms with Crippen LogP contribution in [0.25, 0.3) is 0 Å². The molecule has 0 bridgehead atoms. The van der Waals surface area contributed by atoms with Gasteiger partial charge in [-0.25, -0.2) is 0 Å². The SMILES string of the molecule is COCCN(Cc1ccc(C#N)cc1)[C@@H]1CCCN(C(C)C)C1=O. The molecule has 5 nitrogen and oxygen atoms in total. The van der Waals surface area contributed by atoms with Gasteiger partial charge in [0.2, 0.25) is 5.91 Å². The summed E-state index contributed by atoms with van der Waals surface area (Å²) in [6.45, 7) is 7.00. The number of piperidine rings is 1. The molecule has 130 valence electrons. The molecule has 1 heterocycles. The normalized spacial score (nSPS) is 18.2. The highest BCUT2D eigenvalue weighted by molar-refractivity contribution is 5.82. The molecule has 0 radical (unpaired) electrons. The number of benzene rings is 1. The Morgan fingerprint density at radius 1 is 1.38 bits per heavy atom. The van der Waals surface area contributed by atoms with Gasteiger partial charge in [0.25, 0.3) is 0 Å². The van der Waals surface area contributed by atoms with Crippen LogP contribution in [0.5, 0.6) is 0 Å². The second-order valence-electron chi connectivity index (χ2n) is 6.56. The maximum absolute atomic E-state index is 12.9. The number of nitriles is 1. The van der Waals surface area contributed by atoms with Crippen molar-refractivity contribution in [1.29, 1.82) is 5.26 Å². The van der Waals surface area contributed by atoms with Gasteiger partial charge in [0.1, 0.15) is 0 Å². The molecule has 1 amide bonds. The van der Waals surface area contributed by atoms with Gasteiger partial charge in [-0.05, 0) is 44.4 Å². The van der Waals surface area contributed by atoms with Crippen molar-refractivity contribution < 1.29 is 9.53 Å². The smallest absolute Gasteiger partial charge is 0.240 e. The van der Waals surface area contributed by atoms with E-state index in [1.54, 1.807) is 7.11 Å². The molecule has 0 aliphatic carbocycles. The average molecular weight is 329 g/mol. The molecule has 0 unspecified atom stereocenters. The molecule has 1 saturated heterocycles. The molecular formula is C19H27N3O2. The number of hydrogen-bond acceptors (Lipinski definition) is 4. The first kappa shape index (κ1) is 18.4. The van der Waals surface area contributed by atoms with Gasteiger partial charge in [0.05, 0.1) is 24.3 Å². The van der Waals surface area contributed by atoms with E-state index >= 15 is 0 Å². The lowest BCUT2D eigenvalue weighted by Gasteiger charge is -2.40. The third-order valence-electron chi connectivity index (χ3n) is 4.56. The second kappa shape index (κ2) is 8.81. The molecule has 1 aromatic rings. The van der Waals surface area contributed by atoms with Gasteiger partial charge in [-0.3, -0.25) is 9.69 Å². The first-order valence-corrected chi connectivity index (χ1v) is 8.59. The van der Waals surface area contributed by atoms with Crippen LogP contribution in [0.2, 0.25) is 0 Å². The van der Waals surface area contributed by atoms with E-state index in [1.807, 2.05) is 29.2 Å². The second-order valence-corrected chi connectivity index (χ2v) is 6.56. The van der Waals surface area contributed by atoms with Crippen molar-refractivity contribution in [3.8, 4) is 6.07 Å². The summed E-state index contributed by atoms with van der Waals surface area (Å²) in [5.74, 6) is 0.223. The van der Waals surface area contributed by atoms with E-state index in [1.165, 1.54) is 0 Å². The number of amides is 1. The fourth-order valence-corrected chi connectivity index (χ4v) is 3.20. The molecular weight excluding hydrogens is 302 g/mol. The largest absolute Gasteiger partial charge is 0.383 e. The number of rotatable bonds is 7. The molecule has 2 rings (SSSR count). The van der Waals surface area contributed by atoms with E-state index < -0.39 is 0 Å². The van der Waals surface area contributed by atoms with Crippen molar-refractivity contribution >= 4 is 5.91 Å². The van der Waals surface area contributed by atoms with Gasteiger partial charge in [-0.15, -0.1) is 0 Å². The summed E-state index contributed by atoms with van der Waals surface area (Å²) in [5, 5.41) is 8.92. The van der Waals surface area contributed by atoms with E-state index in [2.05, 4.69) is 24.8 Å². The monoisotopic (exact) mass is 329 g/mol. The van der Waals surface area contributed by atoms with Crippen molar-refractivity contribution in [2.45, 2.75) is 45.3 Å². The number of nitrogens with zero attached hydrogens (tertiary/aromatic N) is 3. The summed E-state index contributed by atoms with van der Waals surface area (Å²) >= 11 is 0. The Hall–Kier alpha value is -1.90. The number of carbonyl (C=O) groups is 1. The lowest BCUT2D eigenvalue weighted by molar-refractivity contribution is -0.142. The average Bonchev–Trinajstić information content (AvgIpc) is 2.59. The van der Waals surface area contributed by atoms with Gasteiger partial charge in [-0.1, -0.05) is 12.1 Å². The van der Waals surface area contributed by atoms with Crippen LogP contribution in [0.1, 0.15) is 37.8 Å². The van der Waals surface area contributed by atoms with Gasteiger partial charge in [-0.2, -0.15) is 5.26 Å². The molecule has 5 heteroatoms. The molecule has 24 heavy (non-hydrogen) atoms. The van der Waals surface area contributed by atoms with Crippen LogP contribution >= 0.6 is 0 Å². The third-order valence-corrected chi connectivity index (χ3v) is 4.56. The van der Waals surface area contributed by atoms with E-state index in [0.29, 0.717) is 18.7 Å². The van der Waals surface area contributed by atoms with E-state index in [-0.39, 0.29) is 18.0 Å². The Morgan fingerprint density at radius 2 is 2.08 bits per heavy atom. The predicted octanol–water partition coefficient (Wildman–Crippen LogP) is 2.41. The van der Waals surface area contributed by atoms with Crippen LogP contribution in [0.4, 0.5) is 0 Å². The summed E-state index contributed by atoms with van der Waals surface area (Å²) in [7, 11) is 1.68. The summed E-state index contributed by atoms with van der Waals surface area (Å²) in [6.07, 6.45) is 1.92. The fraction of sp³-hybridized carbons (Fsp3) is 0.579. The molecule has 0 aromatic heterocycles. The Morgan fingerprint density at radius 3 is 2.67 bits per heavy atom. The molecule has 1 fully saturated rings. The van der Waals surface area contributed by atoms with Crippen LogP contribution in [0.15, 0.2) is 24.3 Å². The van der Waals surface area contributed by atoms with Crippen LogP contribution < -0.4 is 0 Å². The highest BCUT2D eigenvalue weighted by Crippen LogP contribution is 2.21. The standard InChI is InChI=1S/C19H27N3O2/c1-15(2)22-10-4-5-18(19(22)23)21(11-12-24-3)14-17-8-6-16(13-20)7-9-17/h6-9,15,18H,4-5,10-12,14H2,1-3H3/t18-/m1/s1. The lowest BCUT2D eigenvalue weighted by Crippen LogP contribution is -2.54. The van der Waals surface area contributed by atoms with Crippen molar-refractivity contribution in [2.24, 2.45) is 0 Å². The molecule has 1 aliphatic rings. The molecule has 1 aromatic carbocycles. The highest BCUT2D eigenvalue weighted by atomic mass is 16.5. The Balaban J connectivity index is 2.14. The number of hydrogen-bond donors (Lipinski definition) is 0. The molecule has 1 atom stereocenters. The van der Waals surface area contributed by atoms with Gasteiger partial charge in [0.15, 0.2) is 0 Å². The minimum absolute atomic E-state index is 0.0908. The Kier molecular flexibility index (Phi) is 6.77. The number of likely N-dealkylation sites (tertiary alicyclic amines) is 1. The first-order valence-electron chi connectivity index (χ1n) is 8.59. The summed E-state index contributed by atoms with van der Waals surface area (Å²) in [4.78, 5) is 17.1. The van der Waals surface area contributed by atoms with Crippen LogP contribution in [-0.2, 0) is 16.1 Å². The maximum atomic E-state index is 12.9. The van der Waals surface area contributed by atoms with Gasteiger partial charge in [0, 0.05) is 32.8 Å². The number of ether oxygens (including phenoxy) is 1. The summed E-state index contributed by atoms with van der Waals surface area (Å²) in [5.41, 5.74) is 1.77. The van der Waals surface area contributed by atoms with Crippen LogP contribution in [0, 0.1) is 11.3 Å². The van der Waals surface area contributed by atoms with E-state index in [9.17, 15) is 4.79 Å². The zero-order chi connectivity index (χ0) is 17.5. The van der Waals surface area contributed by atoms with Gasteiger partial charge < -0.3 is 9.64 Å². The lowest BCUT2D eigenvalue weighted by atomic mass is 10.0. The molecule has 1 aliphatic heterocycles.